The third-order valence-electron chi connectivity index (χ3n) is 1.09. The number of nitrogens with zero attached hydrogens (tertiary/aromatic N) is 1. The van der Waals surface area contributed by atoms with Gasteiger partial charge in [-0.1, -0.05) is 6.92 Å². The Morgan fingerprint density at radius 1 is 1.62 bits per heavy atom. The minimum absolute atomic E-state index is 0.636. The second-order valence-corrected chi connectivity index (χ2v) is 1.68. The highest BCUT2D eigenvalue weighted by molar-refractivity contribution is 4.44. The van der Waals surface area contributed by atoms with Crippen molar-refractivity contribution in [3.8, 4) is 0 Å². The van der Waals surface area contributed by atoms with Crippen LogP contribution >= 0.6 is 0 Å². The van der Waals surface area contributed by atoms with E-state index in [-0.39, 0.29) is 0 Å². The van der Waals surface area contributed by atoms with E-state index in [0.717, 1.165) is 13.2 Å². The monoisotopic (exact) mass is 117 g/mol. The molecule has 3 nitrogen and oxygen atoms in total. The fraction of sp³-hybridized carbons (Fsp3) is 1.00. The first-order chi connectivity index (χ1) is 3.85. The lowest BCUT2D eigenvalue weighted by atomic mass is 10.6. The Kier molecular flexibility index (Phi) is 4.95. The summed E-state index contributed by atoms with van der Waals surface area (Å²) in [6.07, 6.45) is 0. The van der Waals surface area contributed by atoms with Crippen molar-refractivity contribution >= 4 is 0 Å². The van der Waals surface area contributed by atoms with E-state index in [1.165, 1.54) is 0 Å². The van der Waals surface area contributed by atoms with Crippen molar-refractivity contribution in [2.24, 2.45) is 5.73 Å². The van der Waals surface area contributed by atoms with E-state index in [4.69, 9.17) is 5.73 Å². The smallest absolute Gasteiger partial charge is 0.0489 e. The maximum atomic E-state index is 5.36. The third-order valence-corrected chi connectivity index (χ3v) is 1.09. The second-order valence-electron chi connectivity index (χ2n) is 1.68. The van der Waals surface area contributed by atoms with E-state index >= 15 is 0 Å². The molecule has 0 amide bonds. The minimum Gasteiger partial charge on any atom is -0.318 e. The standard InChI is InChI=1S/C5H15N3/c1-3-8(4-6)5-7-2/h7H,3-6H2,1-2H3. The van der Waals surface area contributed by atoms with Gasteiger partial charge in [-0.2, -0.15) is 0 Å². The largest absolute Gasteiger partial charge is 0.318 e. The summed E-state index contributed by atoms with van der Waals surface area (Å²) >= 11 is 0. The predicted molar refractivity (Wildman–Crippen MR) is 35.4 cm³/mol. The first-order valence-electron chi connectivity index (χ1n) is 2.92. The molecule has 0 saturated heterocycles. The lowest BCUT2D eigenvalue weighted by molar-refractivity contribution is 0.282. The van der Waals surface area contributed by atoms with Gasteiger partial charge in [-0.15, -0.1) is 0 Å². The van der Waals surface area contributed by atoms with Gasteiger partial charge in [-0.25, -0.2) is 0 Å². The zero-order valence-electron chi connectivity index (χ0n) is 5.65. The number of hydrogen-bond acceptors (Lipinski definition) is 3. The van der Waals surface area contributed by atoms with Crippen LogP contribution in [0.15, 0.2) is 0 Å². The van der Waals surface area contributed by atoms with Gasteiger partial charge in [0.05, 0.1) is 0 Å². The van der Waals surface area contributed by atoms with Gasteiger partial charge < -0.3 is 11.1 Å². The molecule has 0 aromatic carbocycles. The summed E-state index contributed by atoms with van der Waals surface area (Å²) in [6, 6.07) is 0. The number of hydrogen-bond donors (Lipinski definition) is 2. The van der Waals surface area contributed by atoms with Gasteiger partial charge >= 0.3 is 0 Å². The summed E-state index contributed by atoms with van der Waals surface area (Å²) in [4.78, 5) is 2.10. The van der Waals surface area contributed by atoms with Crippen LogP contribution in [0.25, 0.3) is 0 Å². The maximum Gasteiger partial charge on any atom is 0.0489 e. The molecule has 3 N–H and O–H groups in total. The maximum absolute atomic E-state index is 5.36. The van der Waals surface area contributed by atoms with E-state index < -0.39 is 0 Å². The number of nitrogens with two attached hydrogens (primary N) is 1. The molecule has 0 aliphatic carbocycles. The Bertz CT molecular complexity index is 42.9. The lowest BCUT2D eigenvalue weighted by Crippen LogP contribution is -2.36. The topological polar surface area (TPSA) is 41.3 Å². The Labute approximate surface area is 50.8 Å². The van der Waals surface area contributed by atoms with Crippen LogP contribution in [-0.2, 0) is 0 Å². The molecule has 0 aliphatic rings. The zero-order valence-corrected chi connectivity index (χ0v) is 5.65. The summed E-state index contributed by atoms with van der Waals surface area (Å²) in [5.41, 5.74) is 5.36. The SMILES string of the molecule is CCN(CN)CNC. The van der Waals surface area contributed by atoms with Crippen molar-refractivity contribution in [1.29, 1.82) is 0 Å². The molecular weight excluding hydrogens is 102 g/mol. The fourth-order valence-electron chi connectivity index (χ4n) is 0.529. The Hall–Kier alpha value is -0.120. The van der Waals surface area contributed by atoms with Crippen LogP contribution < -0.4 is 11.1 Å². The molecule has 0 bridgehead atoms. The Morgan fingerprint density at radius 3 is 2.38 bits per heavy atom. The van der Waals surface area contributed by atoms with E-state index in [9.17, 15) is 0 Å². The van der Waals surface area contributed by atoms with Crippen molar-refractivity contribution in [3.05, 3.63) is 0 Å². The molecule has 8 heavy (non-hydrogen) atoms. The predicted octanol–water partition coefficient (Wildman–Crippen LogP) is -0.599. The molecule has 0 saturated carbocycles. The van der Waals surface area contributed by atoms with Crippen molar-refractivity contribution in [2.45, 2.75) is 6.92 Å². The number of nitrogens with one attached hydrogen (secondary N) is 1. The molecule has 0 heterocycles. The van der Waals surface area contributed by atoms with E-state index in [0.29, 0.717) is 6.67 Å². The normalized spacial score (nSPS) is 10.5. The first-order valence-corrected chi connectivity index (χ1v) is 2.92. The molecule has 50 valence electrons. The van der Waals surface area contributed by atoms with Crippen molar-refractivity contribution in [3.63, 3.8) is 0 Å². The Morgan fingerprint density at radius 2 is 2.25 bits per heavy atom. The quantitative estimate of drug-likeness (QED) is 0.483. The Balaban J connectivity index is 3.07. The molecule has 0 radical (unpaired) electrons. The molecule has 3 heteroatoms. The molecule has 0 atom stereocenters. The van der Waals surface area contributed by atoms with Gasteiger partial charge in [0, 0.05) is 13.3 Å². The molecule has 0 aliphatic heterocycles. The van der Waals surface area contributed by atoms with Crippen molar-refractivity contribution in [2.75, 3.05) is 26.9 Å². The van der Waals surface area contributed by atoms with Gasteiger partial charge in [-0.3, -0.25) is 4.90 Å². The highest BCUT2D eigenvalue weighted by Gasteiger charge is 1.92. The summed E-state index contributed by atoms with van der Waals surface area (Å²) < 4.78 is 0. The molecule has 0 rings (SSSR count). The molecule has 0 unspecified atom stereocenters. The van der Waals surface area contributed by atoms with Crippen LogP contribution in [0.5, 0.6) is 0 Å². The molecule has 0 fully saturated rings. The summed E-state index contributed by atoms with van der Waals surface area (Å²) in [7, 11) is 1.92. The van der Waals surface area contributed by atoms with Crippen molar-refractivity contribution in [1.82, 2.24) is 10.2 Å². The summed E-state index contributed by atoms with van der Waals surface area (Å²) in [5.74, 6) is 0. The third kappa shape index (κ3) is 2.96. The minimum atomic E-state index is 0.636. The van der Waals surface area contributed by atoms with Gasteiger partial charge in [-0.05, 0) is 13.6 Å². The summed E-state index contributed by atoms with van der Waals surface area (Å²) in [5, 5.41) is 3.02. The van der Waals surface area contributed by atoms with Gasteiger partial charge in [0.15, 0.2) is 0 Å². The van der Waals surface area contributed by atoms with E-state index in [1.807, 2.05) is 7.05 Å². The first kappa shape index (κ1) is 7.88. The van der Waals surface area contributed by atoms with Crippen LogP contribution in [0.2, 0.25) is 0 Å². The highest BCUT2D eigenvalue weighted by atomic mass is 15.2. The van der Waals surface area contributed by atoms with Crippen LogP contribution in [0.1, 0.15) is 6.92 Å². The van der Waals surface area contributed by atoms with E-state index in [2.05, 4.69) is 17.1 Å². The lowest BCUT2D eigenvalue weighted by Gasteiger charge is -2.15. The zero-order chi connectivity index (χ0) is 6.41. The van der Waals surface area contributed by atoms with Gasteiger partial charge in [0.1, 0.15) is 0 Å². The average molecular weight is 117 g/mol. The van der Waals surface area contributed by atoms with Gasteiger partial charge in [0.25, 0.3) is 0 Å². The molecule has 0 aromatic heterocycles. The van der Waals surface area contributed by atoms with Crippen LogP contribution in [0.4, 0.5) is 0 Å². The van der Waals surface area contributed by atoms with Crippen LogP contribution in [0, 0.1) is 0 Å². The second kappa shape index (κ2) is 5.03. The van der Waals surface area contributed by atoms with E-state index in [1.54, 1.807) is 0 Å². The average Bonchev–Trinajstić information content (AvgIpc) is 1.83. The number of rotatable bonds is 4. The highest BCUT2D eigenvalue weighted by Crippen LogP contribution is 1.76. The molecule has 0 spiro atoms. The molecular formula is C5H15N3. The fourth-order valence-corrected chi connectivity index (χ4v) is 0.529. The van der Waals surface area contributed by atoms with Gasteiger partial charge in [0.2, 0.25) is 0 Å². The summed E-state index contributed by atoms with van der Waals surface area (Å²) in [6.45, 7) is 4.62. The van der Waals surface area contributed by atoms with Crippen LogP contribution in [-0.4, -0.2) is 31.8 Å². The molecule has 0 aromatic rings. The van der Waals surface area contributed by atoms with Crippen molar-refractivity contribution < 1.29 is 0 Å². The van der Waals surface area contributed by atoms with Crippen LogP contribution in [0.3, 0.4) is 0 Å².